The smallest absolute Gasteiger partial charge is 0.0208 e. The summed E-state index contributed by atoms with van der Waals surface area (Å²) in [4.78, 5) is 2.67. The molecule has 21 heavy (non-hydrogen) atoms. The van der Waals surface area contributed by atoms with Gasteiger partial charge in [0.05, 0.1) is 0 Å². The van der Waals surface area contributed by atoms with Crippen LogP contribution in [0.4, 0.5) is 0 Å². The van der Waals surface area contributed by atoms with Crippen LogP contribution in [0.25, 0.3) is 0 Å². The molecule has 0 aliphatic carbocycles. The maximum Gasteiger partial charge on any atom is 0.0208 e. The fourth-order valence-corrected chi connectivity index (χ4v) is 3.39. The van der Waals surface area contributed by atoms with Crippen molar-refractivity contribution in [3.8, 4) is 0 Å². The minimum Gasteiger partial charge on any atom is -0.309 e. The SMILES string of the molecule is CC(C)CN1CC(NCc2ccccc2)CC(C(C)C)C1. The van der Waals surface area contributed by atoms with Crippen LogP contribution in [0.5, 0.6) is 0 Å². The third-order valence-corrected chi connectivity index (χ3v) is 4.56. The summed E-state index contributed by atoms with van der Waals surface area (Å²) in [6.07, 6.45) is 1.32. The van der Waals surface area contributed by atoms with Crippen molar-refractivity contribution in [2.24, 2.45) is 17.8 Å². The first-order chi connectivity index (χ1) is 10.0. The Kier molecular flexibility index (Phi) is 6.25. The number of rotatable bonds is 6. The lowest BCUT2D eigenvalue weighted by atomic mass is 9.85. The van der Waals surface area contributed by atoms with Crippen LogP contribution in [0.3, 0.4) is 0 Å². The van der Waals surface area contributed by atoms with E-state index in [4.69, 9.17) is 0 Å². The number of hydrogen-bond donors (Lipinski definition) is 1. The van der Waals surface area contributed by atoms with Crippen LogP contribution in [0, 0.1) is 17.8 Å². The van der Waals surface area contributed by atoms with E-state index in [1.165, 1.54) is 31.6 Å². The van der Waals surface area contributed by atoms with E-state index in [1.807, 2.05) is 0 Å². The standard InChI is InChI=1S/C19H32N2/c1-15(2)12-21-13-18(16(3)4)10-19(14-21)20-11-17-8-6-5-7-9-17/h5-9,15-16,18-20H,10-14H2,1-4H3. The highest BCUT2D eigenvalue weighted by atomic mass is 15.2. The summed E-state index contributed by atoms with van der Waals surface area (Å²) in [6, 6.07) is 11.4. The summed E-state index contributed by atoms with van der Waals surface area (Å²) < 4.78 is 0. The van der Waals surface area contributed by atoms with Crippen molar-refractivity contribution >= 4 is 0 Å². The fourth-order valence-electron chi connectivity index (χ4n) is 3.39. The van der Waals surface area contributed by atoms with Gasteiger partial charge in [-0.05, 0) is 29.7 Å². The average Bonchev–Trinajstić information content (AvgIpc) is 2.45. The van der Waals surface area contributed by atoms with Gasteiger partial charge < -0.3 is 10.2 Å². The lowest BCUT2D eigenvalue weighted by molar-refractivity contribution is 0.105. The third-order valence-electron chi connectivity index (χ3n) is 4.56. The Morgan fingerprint density at radius 2 is 1.81 bits per heavy atom. The Hall–Kier alpha value is -0.860. The molecule has 2 rings (SSSR count). The molecule has 0 radical (unpaired) electrons. The summed E-state index contributed by atoms with van der Waals surface area (Å²) in [7, 11) is 0. The van der Waals surface area contributed by atoms with Gasteiger partial charge in [-0.25, -0.2) is 0 Å². The zero-order valence-electron chi connectivity index (χ0n) is 14.2. The molecule has 2 heteroatoms. The minimum atomic E-state index is 0.630. The van der Waals surface area contributed by atoms with E-state index in [-0.39, 0.29) is 0 Å². The largest absolute Gasteiger partial charge is 0.309 e. The van der Waals surface area contributed by atoms with Gasteiger partial charge in [-0.3, -0.25) is 0 Å². The second kappa shape index (κ2) is 7.95. The number of nitrogens with zero attached hydrogens (tertiary/aromatic N) is 1. The highest BCUT2D eigenvalue weighted by molar-refractivity contribution is 5.14. The fraction of sp³-hybridized carbons (Fsp3) is 0.684. The van der Waals surface area contributed by atoms with Crippen molar-refractivity contribution in [1.29, 1.82) is 0 Å². The van der Waals surface area contributed by atoms with Gasteiger partial charge in [0.2, 0.25) is 0 Å². The molecule has 118 valence electrons. The van der Waals surface area contributed by atoms with Crippen molar-refractivity contribution < 1.29 is 0 Å². The molecule has 1 saturated heterocycles. The van der Waals surface area contributed by atoms with E-state index in [9.17, 15) is 0 Å². The van der Waals surface area contributed by atoms with Gasteiger partial charge in [-0.2, -0.15) is 0 Å². The Labute approximate surface area is 130 Å². The monoisotopic (exact) mass is 288 g/mol. The second-order valence-corrected chi connectivity index (χ2v) is 7.42. The molecule has 1 fully saturated rings. The van der Waals surface area contributed by atoms with E-state index < -0.39 is 0 Å². The molecule has 2 nitrogen and oxygen atoms in total. The van der Waals surface area contributed by atoms with Gasteiger partial charge in [0, 0.05) is 32.2 Å². The van der Waals surface area contributed by atoms with Crippen LogP contribution in [-0.2, 0) is 6.54 Å². The predicted octanol–water partition coefficient (Wildman–Crippen LogP) is 3.78. The van der Waals surface area contributed by atoms with Gasteiger partial charge in [-0.15, -0.1) is 0 Å². The molecular weight excluding hydrogens is 256 g/mol. The Balaban J connectivity index is 1.90. The number of benzene rings is 1. The Morgan fingerprint density at radius 3 is 2.43 bits per heavy atom. The molecule has 1 aliphatic rings. The van der Waals surface area contributed by atoms with Gasteiger partial charge in [0.1, 0.15) is 0 Å². The average molecular weight is 288 g/mol. The molecule has 0 aromatic heterocycles. The van der Waals surface area contributed by atoms with Gasteiger partial charge in [0.25, 0.3) is 0 Å². The number of nitrogens with one attached hydrogen (secondary N) is 1. The zero-order chi connectivity index (χ0) is 15.2. The lowest BCUT2D eigenvalue weighted by Gasteiger charge is -2.40. The van der Waals surface area contributed by atoms with Crippen molar-refractivity contribution in [2.45, 2.75) is 46.7 Å². The van der Waals surface area contributed by atoms with E-state index in [2.05, 4.69) is 68.2 Å². The maximum atomic E-state index is 3.78. The van der Waals surface area contributed by atoms with E-state index in [0.29, 0.717) is 6.04 Å². The molecule has 1 aromatic rings. The first-order valence-electron chi connectivity index (χ1n) is 8.54. The van der Waals surface area contributed by atoms with Crippen LogP contribution in [0.2, 0.25) is 0 Å². The van der Waals surface area contributed by atoms with Crippen LogP contribution in [0.1, 0.15) is 39.7 Å². The molecular formula is C19H32N2. The topological polar surface area (TPSA) is 15.3 Å². The molecule has 0 saturated carbocycles. The van der Waals surface area contributed by atoms with E-state index in [0.717, 1.165) is 24.3 Å². The van der Waals surface area contributed by atoms with Gasteiger partial charge >= 0.3 is 0 Å². The predicted molar refractivity (Wildman–Crippen MR) is 91.3 cm³/mol. The van der Waals surface area contributed by atoms with Crippen LogP contribution in [-0.4, -0.2) is 30.6 Å². The van der Waals surface area contributed by atoms with E-state index in [1.54, 1.807) is 0 Å². The quantitative estimate of drug-likeness (QED) is 0.857. The molecule has 2 unspecified atom stereocenters. The van der Waals surface area contributed by atoms with Crippen molar-refractivity contribution in [3.05, 3.63) is 35.9 Å². The zero-order valence-corrected chi connectivity index (χ0v) is 14.2. The van der Waals surface area contributed by atoms with Crippen LogP contribution < -0.4 is 5.32 Å². The molecule has 1 aromatic carbocycles. The Bertz CT molecular complexity index is 399. The molecule has 1 heterocycles. The molecule has 0 amide bonds. The summed E-state index contributed by atoms with van der Waals surface area (Å²) in [5, 5.41) is 3.78. The van der Waals surface area contributed by atoms with Crippen molar-refractivity contribution in [3.63, 3.8) is 0 Å². The lowest BCUT2D eigenvalue weighted by Crippen LogP contribution is -2.50. The third kappa shape index (κ3) is 5.44. The molecule has 0 bridgehead atoms. The number of likely N-dealkylation sites (tertiary alicyclic amines) is 1. The first kappa shape index (κ1) is 16.5. The number of hydrogen-bond acceptors (Lipinski definition) is 2. The summed E-state index contributed by atoms with van der Waals surface area (Å²) in [5.74, 6) is 2.36. The maximum absolute atomic E-state index is 3.78. The number of piperidine rings is 1. The second-order valence-electron chi connectivity index (χ2n) is 7.42. The summed E-state index contributed by atoms with van der Waals surface area (Å²) in [6.45, 7) is 14.1. The highest BCUT2D eigenvalue weighted by Crippen LogP contribution is 2.24. The summed E-state index contributed by atoms with van der Waals surface area (Å²) >= 11 is 0. The molecule has 0 spiro atoms. The molecule has 1 aliphatic heterocycles. The normalized spacial score (nSPS) is 23.9. The van der Waals surface area contributed by atoms with Crippen LogP contribution >= 0.6 is 0 Å². The van der Waals surface area contributed by atoms with Crippen molar-refractivity contribution in [2.75, 3.05) is 19.6 Å². The van der Waals surface area contributed by atoms with Crippen LogP contribution in [0.15, 0.2) is 30.3 Å². The molecule has 2 atom stereocenters. The van der Waals surface area contributed by atoms with Gasteiger partial charge in [-0.1, -0.05) is 58.0 Å². The van der Waals surface area contributed by atoms with Gasteiger partial charge in [0.15, 0.2) is 0 Å². The molecule has 1 N–H and O–H groups in total. The minimum absolute atomic E-state index is 0.630. The first-order valence-corrected chi connectivity index (χ1v) is 8.54. The highest BCUT2D eigenvalue weighted by Gasteiger charge is 2.28. The van der Waals surface area contributed by atoms with Crippen molar-refractivity contribution in [1.82, 2.24) is 10.2 Å². The Morgan fingerprint density at radius 1 is 1.10 bits per heavy atom. The van der Waals surface area contributed by atoms with E-state index >= 15 is 0 Å². The summed E-state index contributed by atoms with van der Waals surface area (Å²) in [5.41, 5.74) is 1.39.